The zero-order valence-electron chi connectivity index (χ0n) is 6.68. The van der Waals surface area contributed by atoms with Crippen molar-refractivity contribution >= 4 is 23.1 Å². The lowest BCUT2D eigenvalue weighted by Gasteiger charge is -2.10. The van der Waals surface area contributed by atoms with Gasteiger partial charge in [0, 0.05) is 13.6 Å². The van der Waals surface area contributed by atoms with Gasteiger partial charge in [0.15, 0.2) is 0 Å². The predicted molar refractivity (Wildman–Crippen MR) is 47.3 cm³/mol. The van der Waals surface area contributed by atoms with Crippen LogP contribution in [0, 0.1) is 11.8 Å². The molecule has 0 aromatic heterocycles. The summed E-state index contributed by atoms with van der Waals surface area (Å²) in [5, 5.41) is 5.61. The van der Waals surface area contributed by atoms with E-state index < -0.39 is 0 Å². The molecule has 1 saturated heterocycles. The molecule has 1 heterocycles. The summed E-state index contributed by atoms with van der Waals surface area (Å²) in [5.41, 5.74) is 0. The quantitative estimate of drug-likeness (QED) is 0.543. The smallest absolute Gasteiger partial charge is 0.230 e. The van der Waals surface area contributed by atoms with Gasteiger partial charge in [-0.2, -0.15) is 0 Å². The van der Waals surface area contributed by atoms with Gasteiger partial charge in [-0.15, -0.1) is 0 Å². The summed E-state index contributed by atoms with van der Waals surface area (Å²) >= 11 is 4.99. The Bertz CT molecular complexity index is 193. The van der Waals surface area contributed by atoms with E-state index in [4.69, 9.17) is 12.2 Å². The Morgan fingerprint density at radius 1 is 1.82 bits per heavy atom. The number of thiocarbonyl (C=S) groups is 1. The summed E-state index contributed by atoms with van der Waals surface area (Å²) in [4.78, 5) is 11.9. The highest BCUT2D eigenvalue weighted by atomic mass is 32.1. The van der Waals surface area contributed by atoms with E-state index in [1.807, 2.05) is 6.92 Å². The topological polar surface area (TPSA) is 41.1 Å². The summed E-state index contributed by atoms with van der Waals surface area (Å²) in [6, 6.07) is 0. The van der Waals surface area contributed by atoms with Crippen LogP contribution in [0.3, 0.4) is 0 Å². The SMILES string of the molecule is CNC(=O)C1C(=S)NCC1C. The molecule has 0 aromatic carbocycles. The Morgan fingerprint density at radius 3 is 2.82 bits per heavy atom. The van der Waals surface area contributed by atoms with Gasteiger partial charge in [-0.3, -0.25) is 4.79 Å². The largest absolute Gasteiger partial charge is 0.379 e. The van der Waals surface area contributed by atoms with E-state index >= 15 is 0 Å². The Morgan fingerprint density at radius 2 is 2.45 bits per heavy atom. The van der Waals surface area contributed by atoms with Crippen molar-refractivity contribution < 1.29 is 4.79 Å². The minimum atomic E-state index is -0.116. The third-order valence-corrected chi connectivity index (χ3v) is 2.38. The molecule has 3 nitrogen and oxygen atoms in total. The van der Waals surface area contributed by atoms with Gasteiger partial charge in [0.05, 0.1) is 10.9 Å². The molecule has 0 aliphatic carbocycles. The highest BCUT2D eigenvalue weighted by molar-refractivity contribution is 7.80. The van der Waals surface area contributed by atoms with Crippen molar-refractivity contribution in [2.75, 3.05) is 13.6 Å². The van der Waals surface area contributed by atoms with Crippen LogP contribution in [0.2, 0.25) is 0 Å². The molecule has 1 aliphatic heterocycles. The molecule has 1 rings (SSSR count). The molecular weight excluding hydrogens is 160 g/mol. The minimum absolute atomic E-state index is 0.0208. The van der Waals surface area contributed by atoms with E-state index in [2.05, 4.69) is 10.6 Å². The normalized spacial score (nSPS) is 29.8. The summed E-state index contributed by atoms with van der Waals surface area (Å²) in [6.07, 6.45) is 0. The van der Waals surface area contributed by atoms with Crippen LogP contribution in [-0.2, 0) is 4.79 Å². The lowest BCUT2D eigenvalue weighted by molar-refractivity contribution is -0.123. The fourth-order valence-electron chi connectivity index (χ4n) is 1.28. The van der Waals surface area contributed by atoms with E-state index in [9.17, 15) is 4.79 Å². The lowest BCUT2D eigenvalue weighted by atomic mass is 9.97. The number of carbonyl (C=O) groups excluding carboxylic acids is 1. The minimum Gasteiger partial charge on any atom is -0.379 e. The first-order valence-corrected chi connectivity index (χ1v) is 4.07. The maximum Gasteiger partial charge on any atom is 0.230 e. The third-order valence-electron chi connectivity index (χ3n) is 1.98. The molecule has 0 radical (unpaired) electrons. The van der Waals surface area contributed by atoms with Crippen LogP contribution >= 0.6 is 12.2 Å². The van der Waals surface area contributed by atoms with E-state index in [1.165, 1.54) is 0 Å². The maximum absolute atomic E-state index is 11.2. The summed E-state index contributed by atoms with van der Waals surface area (Å²) < 4.78 is 0. The second-order valence-corrected chi connectivity index (χ2v) is 3.25. The van der Waals surface area contributed by atoms with Crippen LogP contribution in [0.25, 0.3) is 0 Å². The predicted octanol–water partition coefficient (Wildman–Crippen LogP) is -0.0847. The van der Waals surface area contributed by atoms with Crippen molar-refractivity contribution in [3.8, 4) is 0 Å². The van der Waals surface area contributed by atoms with Gasteiger partial charge in [-0.05, 0) is 5.92 Å². The molecule has 62 valence electrons. The number of carbonyl (C=O) groups is 1. The zero-order chi connectivity index (χ0) is 8.43. The van der Waals surface area contributed by atoms with Gasteiger partial charge >= 0.3 is 0 Å². The Balaban J connectivity index is 2.68. The monoisotopic (exact) mass is 172 g/mol. The van der Waals surface area contributed by atoms with Gasteiger partial charge in [0.25, 0.3) is 0 Å². The van der Waals surface area contributed by atoms with Gasteiger partial charge < -0.3 is 10.6 Å². The van der Waals surface area contributed by atoms with Crippen molar-refractivity contribution in [1.29, 1.82) is 0 Å². The molecule has 4 heteroatoms. The Labute approximate surface area is 71.5 Å². The van der Waals surface area contributed by atoms with E-state index in [-0.39, 0.29) is 11.8 Å². The molecule has 2 unspecified atom stereocenters. The first-order chi connectivity index (χ1) is 5.16. The summed E-state index contributed by atoms with van der Waals surface area (Å²) in [6.45, 7) is 2.84. The maximum atomic E-state index is 11.2. The van der Waals surface area contributed by atoms with E-state index in [0.29, 0.717) is 10.9 Å². The van der Waals surface area contributed by atoms with Gasteiger partial charge in [0.1, 0.15) is 0 Å². The average molecular weight is 172 g/mol. The highest BCUT2D eigenvalue weighted by Crippen LogP contribution is 2.17. The van der Waals surface area contributed by atoms with Crippen molar-refractivity contribution in [3.05, 3.63) is 0 Å². The van der Waals surface area contributed by atoms with Crippen molar-refractivity contribution in [3.63, 3.8) is 0 Å². The van der Waals surface area contributed by atoms with Gasteiger partial charge in [0.2, 0.25) is 5.91 Å². The molecular formula is C7H12N2OS. The Kier molecular flexibility index (Phi) is 2.44. The van der Waals surface area contributed by atoms with Crippen LogP contribution in [0.1, 0.15) is 6.92 Å². The second-order valence-electron chi connectivity index (χ2n) is 2.81. The van der Waals surface area contributed by atoms with Crippen molar-refractivity contribution in [2.24, 2.45) is 11.8 Å². The molecule has 0 bridgehead atoms. The zero-order valence-corrected chi connectivity index (χ0v) is 7.49. The van der Waals surface area contributed by atoms with Gasteiger partial charge in [-0.1, -0.05) is 19.1 Å². The fourth-order valence-corrected chi connectivity index (χ4v) is 1.70. The van der Waals surface area contributed by atoms with Crippen molar-refractivity contribution in [1.82, 2.24) is 10.6 Å². The fraction of sp³-hybridized carbons (Fsp3) is 0.714. The molecule has 2 N–H and O–H groups in total. The average Bonchev–Trinajstić information content (AvgIpc) is 2.30. The summed E-state index contributed by atoms with van der Waals surface area (Å²) in [7, 11) is 1.63. The third kappa shape index (κ3) is 1.50. The summed E-state index contributed by atoms with van der Waals surface area (Å²) in [5.74, 6) is 0.227. The number of hydrogen-bond donors (Lipinski definition) is 2. The van der Waals surface area contributed by atoms with E-state index in [0.717, 1.165) is 6.54 Å². The van der Waals surface area contributed by atoms with Crippen LogP contribution in [0.5, 0.6) is 0 Å². The molecule has 0 saturated carbocycles. The van der Waals surface area contributed by atoms with Crippen LogP contribution < -0.4 is 10.6 Å². The van der Waals surface area contributed by atoms with Crippen molar-refractivity contribution in [2.45, 2.75) is 6.92 Å². The van der Waals surface area contributed by atoms with Crippen LogP contribution in [-0.4, -0.2) is 24.5 Å². The molecule has 1 amide bonds. The first kappa shape index (κ1) is 8.46. The number of nitrogens with one attached hydrogen (secondary N) is 2. The van der Waals surface area contributed by atoms with E-state index in [1.54, 1.807) is 7.05 Å². The Hall–Kier alpha value is -0.640. The first-order valence-electron chi connectivity index (χ1n) is 3.66. The van der Waals surface area contributed by atoms with Gasteiger partial charge in [-0.25, -0.2) is 0 Å². The molecule has 2 atom stereocenters. The molecule has 1 fully saturated rings. The second kappa shape index (κ2) is 3.17. The lowest BCUT2D eigenvalue weighted by Crippen LogP contribution is -2.34. The molecule has 0 spiro atoms. The highest BCUT2D eigenvalue weighted by Gasteiger charge is 2.33. The number of amides is 1. The molecule has 0 aromatic rings. The molecule has 1 aliphatic rings. The van der Waals surface area contributed by atoms with Crippen LogP contribution in [0.15, 0.2) is 0 Å². The standard InChI is InChI=1S/C7H12N2OS/c1-4-3-9-7(11)5(4)6(10)8-2/h4-5H,3H2,1-2H3,(H,8,10)(H,9,11). The molecule has 11 heavy (non-hydrogen) atoms. The van der Waals surface area contributed by atoms with Crippen LogP contribution in [0.4, 0.5) is 0 Å². The number of hydrogen-bond acceptors (Lipinski definition) is 2. The number of rotatable bonds is 1.